The average molecular weight is 213 g/mol. The van der Waals surface area contributed by atoms with E-state index in [1.807, 2.05) is 0 Å². The number of rotatable bonds is 10. The van der Waals surface area contributed by atoms with Crippen LogP contribution in [0, 0.1) is 6.92 Å². The van der Waals surface area contributed by atoms with Crippen molar-refractivity contribution in [3.8, 4) is 0 Å². The fraction of sp³-hybridized carbons (Fsp3) is 0.833. The number of nitrogens with one attached hydrogen (secondary N) is 1. The van der Waals surface area contributed by atoms with Gasteiger partial charge in [-0.15, -0.1) is 0 Å². The van der Waals surface area contributed by atoms with Crippen molar-refractivity contribution in [3.05, 3.63) is 6.92 Å². The van der Waals surface area contributed by atoms with E-state index in [0.717, 1.165) is 32.2 Å². The van der Waals surface area contributed by atoms with Gasteiger partial charge in [0.15, 0.2) is 0 Å². The van der Waals surface area contributed by atoms with Crippen molar-refractivity contribution >= 4 is 5.91 Å². The third kappa shape index (κ3) is 11.4. The summed E-state index contributed by atoms with van der Waals surface area (Å²) in [5, 5.41) is 2.83. The molecule has 0 aromatic carbocycles. The molecule has 89 valence electrons. The first-order chi connectivity index (χ1) is 7.31. The topological polar surface area (TPSA) is 55.1 Å². The maximum atomic E-state index is 11.2. The van der Waals surface area contributed by atoms with Gasteiger partial charge in [0.25, 0.3) is 0 Å². The number of nitrogens with two attached hydrogens (primary N) is 1. The lowest BCUT2D eigenvalue weighted by atomic mass is 10.1. The fourth-order valence-corrected chi connectivity index (χ4v) is 1.45. The van der Waals surface area contributed by atoms with E-state index in [9.17, 15) is 4.79 Å². The third-order valence-electron chi connectivity index (χ3n) is 2.36. The molecule has 1 amide bonds. The molecule has 0 aliphatic carbocycles. The summed E-state index contributed by atoms with van der Waals surface area (Å²) in [4.78, 5) is 11.2. The standard InChI is InChI=1S/C12H25N2O/c1-2-11-14-12(15)9-7-5-3-4-6-8-10-13/h1-11,13H2,(H,14,15). The first-order valence-electron chi connectivity index (χ1n) is 6.07. The molecule has 0 fully saturated rings. The van der Waals surface area contributed by atoms with Crippen LogP contribution in [0.4, 0.5) is 0 Å². The summed E-state index contributed by atoms with van der Waals surface area (Å²) in [6, 6.07) is 0. The van der Waals surface area contributed by atoms with Crippen LogP contribution in [0.5, 0.6) is 0 Å². The number of hydrogen-bond acceptors (Lipinski definition) is 2. The van der Waals surface area contributed by atoms with E-state index in [2.05, 4.69) is 12.2 Å². The molecule has 0 aromatic rings. The summed E-state index contributed by atoms with van der Waals surface area (Å²) in [5.41, 5.74) is 5.40. The molecule has 0 aliphatic rings. The van der Waals surface area contributed by atoms with Crippen molar-refractivity contribution in [1.82, 2.24) is 5.32 Å². The van der Waals surface area contributed by atoms with Crippen LogP contribution in [0.1, 0.15) is 51.4 Å². The van der Waals surface area contributed by atoms with E-state index in [-0.39, 0.29) is 5.91 Å². The smallest absolute Gasteiger partial charge is 0.219 e. The molecule has 0 rings (SSSR count). The highest BCUT2D eigenvalue weighted by Gasteiger charge is 1.98. The van der Waals surface area contributed by atoms with Crippen molar-refractivity contribution in [3.63, 3.8) is 0 Å². The van der Waals surface area contributed by atoms with Gasteiger partial charge in [-0.25, -0.2) is 0 Å². The van der Waals surface area contributed by atoms with E-state index in [1.54, 1.807) is 0 Å². The number of unbranched alkanes of at least 4 members (excludes halogenated alkanes) is 5. The summed E-state index contributed by atoms with van der Waals surface area (Å²) in [5.74, 6) is 0.167. The molecule has 0 bridgehead atoms. The number of hydrogen-bond donors (Lipinski definition) is 2. The van der Waals surface area contributed by atoms with Crippen LogP contribution in [0.3, 0.4) is 0 Å². The predicted octanol–water partition coefficient (Wildman–Crippen LogP) is 2.02. The minimum absolute atomic E-state index is 0.167. The van der Waals surface area contributed by atoms with E-state index in [4.69, 9.17) is 5.73 Å². The lowest BCUT2D eigenvalue weighted by Crippen LogP contribution is -2.23. The van der Waals surface area contributed by atoms with Crippen LogP contribution in [-0.2, 0) is 4.79 Å². The van der Waals surface area contributed by atoms with Crippen molar-refractivity contribution in [2.24, 2.45) is 5.73 Å². The number of amides is 1. The zero-order valence-electron chi connectivity index (χ0n) is 9.76. The van der Waals surface area contributed by atoms with Crippen LogP contribution in [0.25, 0.3) is 0 Å². The molecule has 0 aromatic heterocycles. The summed E-state index contributed by atoms with van der Waals surface area (Å²) in [7, 11) is 0. The highest BCUT2D eigenvalue weighted by atomic mass is 16.1. The predicted molar refractivity (Wildman–Crippen MR) is 64.4 cm³/mol. The zero-order valence-corrected chi connectivity index (χ0v) is 9.76. The Hall–Kier alpha value is -0.570. The van der Waals surface area contributed by atoms with Gasteiger partial charge in [0.1, 0.15) is 0 Å². The van der Waals surface area contributed by atoms with E-state index in [1.165, 1.54) is 19.3 Å². The largest absolute Gasteiger partial charge is 0.356 e. The first kappa shape index (κ1) is 14.4. The van der Waals surface area contributed by atoms with Crippen LogP contribution < -0.4 is 11.1 Å². The van der Waals surface area contributed by atoms with Crippen LogP contribution in [-0.4, -0.2) is 19.0 Å². The molecular weight excluding hydrogens is 188 g/mol. The van der Waals surface area contributed by atoms with Crippen molar-refractivity contribution in [1.29, 1.82) is 0 Å². The minimum atomic E-state index is 0.167. The fourth-order valence-electron chi connectivity index (χ4n) is 1.45. The molecule has 0 heterocycles. The maximum absolute atomic E-state index is 11.2. The molecule has 0 spiro atoms. The molecule has 0 saturated heterocycles. The molecule has 3 heteroatoms. The number of carbonyl (C=O) groups excluding carboxylic acids is 1. The second-order valence-corrected chi connectivity index (χ2v) is 3.86. The van der Waals surface area contributed by atoms with Gasteiger partial charge in [-0.1, -0.05) is 32.6 Å². The second-order valence-electron chi connectivity index (χ2n) is 3.86. The molecule has 0 saturated carbocycles. The summed E-state index contributed by atoms with van der Waals surface area (Å²) in [6.45, 7) is 5.17. The Balaban J connectivity index is 3.06. The van der Waals surface area contributed by atoms with E-state index >= 15 is 0 Å². The lowest BCUT2D eigenvalue weighted by molar-refractivity contribution is -0.121. The Morgan fingerprint density at radius 3 is 2.27 bits per heavy atom. The third-order valence-corrected chi connectivity index (χ3v) is 2.36. The molecule has 3 N–H and O–H groups in total. The minimum Gasteiger partial charge on any atom is -0.356 e. The van der Waals surface area contributed by atoms with Crippen LogP contribution in [0.2, 0.25) is 0 Å². The van der Waals surface area contributed by atoms with Gasteiger partial charge < -0.3 is 11.1 Å². The Morgan fingerprint density at radius 1 is 1.07 bits per heavy atom. The summed E-state index contributed by atoms with van der Waals surface area (Å²) >= 11 is 0. The van der Waals surface area contributed by atoms with Gasteiger partial charge in [0.05, 0.1) is 0 Å². The van der Waals surface area contributed by atoms with E-state index < -0.39 is 0 Å². The molecule has 0 atom stereocenters. The van der Waals surface area contributed by atoms with Crippen LogP contribution in [0.15, 0.2) is 0 Å². The molecule has 0 unspecified atom stereocenters. The summed E-state index contributed by atoms with van der Waals surface area (Å²) in [6.07, 6.45) is 8.42. The van der Waals surface area contributed by atoms with Crippen molar-refractivity contribution < 1.29 is 4.79 Å². The maximum Gasteiger partial charge on any atom is 0.219 e. The highest BCUT2D eigenvalue weighted by molar-refractivity contribution is 5.75. The molecule has 15 heavy (non-hydrogen) atoms. The molecular formula is C12H25N2O. The van der Waals surface area contributed by atoms with Crippen LogP contribution >= 0.6 is 0 Å². The summed E-state index contributed by atoms with van der Waals surface area (Å²) < 4.78 is 0. The number of carbonyl (C=O) groups is 1. The van der Waals surface area contributed by atoms with Gasteiger partial charge in [-0.2, -0.15) is 0 Å². The van der Waals surface area contributed by atoms with E-state index in [0.29, 0.717) is 13.0 Å². The average Bonchev–Trinajstić information content (AvgIpc) is 2.25. The highest BCUT2D eigenvalue weighted by Crippen LogP contribution is 2.06. The molecule has 3 nitrogen and oxygen atoms in total. The first-order valence-corrected chi connectivity index (χ1v) is 6.07. The molecule has 0 aliphatic heterocycles. The van der Waals surface area contributed by atoms with Gasteiger partial charge in [-0.05, 0) is 25.8 Å². The Labute approximate surface area is 93.8 Å². The van der Waals surface area contributed by atoms with Crippen molar-refractivity contribution in [2.45, 2.75) is 51.4 Å². The normalized spacial score (nSPS) is 10.3. The second kappa shape index (κ2) is 11.5. The van der Waals surface area contributed by atoms with Gasteiger partial charge in [0, 0.05) is 13.0 Å². The Morgan fingerprint density at radius 2 is 1.67 bits per heavy atom. The lowest BCUT2D eigenvalue weighted by Gasteiger charge is -2.03. The van der Waals surface area contributed by atoms with Gasteiger partial charge in [-0.3, -0.25) is 4.79 Å². The van der Waals surface area contributed by atoms with Gasteiger partial charge >= 0.3 is 0 Å². The zero-order chi connectivity index (χ0) is 11.4. The monoisotopic (exact) mass is 213 g/mol. The quantitative estimate of drug-likeness (QED) is 0.545. The Kier molecular flexibility index (Phi) is 11.1. The van der Waals surface area contributed by atoms with Gasteiger partial charge in [0.2, 0.25) is 5.91 Å². The molecule has 1 radical (unpaired) electrons. The Bertz CT molecular complexity index is 149. The van der Waals surface area contributed by atoms with Crippen molar-refractivity contribution in [2.75, 3.05) is 13.1 Å². The SMILES string of the molecule is [CH2]CCNC(=O)CCCCCCCCN.